The normalized spacial score (nSPS) is 11.8. The second-order valence-electron chi connectivity index (χ2n) is 6.65. The molecule has 2 rings (SSSR count). The SMILES string of the molecule is CCCOC(=O)c1c(NC(=O)C(CC)n2cc(Cl)cn2)sc(C(=O)N(C)C)c1C. The fraction of sp³-hybridized carbons (Fsp3) is 0.474. The molecule has 2 amide bonds. The van der Waals surface area contributed by atoms with Crippen LogP contribution in [0.15, 0.2) is 12.4 Å². The van der Waals surface area contributed by atoms with E-state index in [-0.39, 0.29) is 29.0 Å². The van der Waals surface area contributed by atoms with Crippen molar-refractivity contribution in [3.8, 4) is 0 Å². The van der Waals surface area contributed by atoms with Crippen molar-refractivity contribution in [2.75, 3.05) is 26.0 Å². The number of rotatable bonds is 8. The zero-order chi connectivity index (χ0) is 21.7. The van der Waals surface area contributed by atoms with Gasteiger partial charge < -0.3 is 15.0 Å². The minimum absolute atomic E-state index is 0.204. The number of thiophene rings is 1. The molecular weight excluding hydrogens is 416 g/mol. The number of carbonyl (C=O) groups excluding carboxylic acids is 3. The van der Waals surface area contributed by atoms with Gasteiger partial charge in [-0.2, -0.15) is 5.10 Å². The molecule has 2 aromatic rings. The third-order valence-corrected chi connectivity index (χ3v) is 5.59. The Balaban J connectivity index is 2.41. The van der Waals surface area contributed by atoms with E-state index < -0.39 is 12.0 Å². The molecule has 0 bridgehead atoms. The summed E-state index contributed by atoms with van der Waals surface area (Å²) in [6.45, 7) is 5.66. The Labute approximate surface area is 178 Å². The molecule has 0 fully saturated rings. The summed E-state index contributed by atoms with van der Waals surface area (Å²) in [6, 6.07) is -0.614. The van der Waals surface area contributed by atoms with Crippen molar-refractivity contribution in [3.63, 3.8) is 0 Å². The molecule has 10 heteroatoms. The monoisotopic (exact) mass is 440 g/mol. The lowest BCUT2D eigenvalue weighted by atomic mass is 10.1. The Morgan fingerprint density at radius 2 is 2.03 bits per heavy atom. The smallest absolute Gasteiger partial charge is 0.341 e. The predicted octanol–water partition coefficient (Wildman–Crippen LogP) is 3.76. The van der Waals surface area contributed by atoms with E-state index >= 15 is 0 Å². The van der Waals surface area contributed by atoms with Crippen LogP contribution in [-0.2, 0) is 9.53 Å². The average molecular weight is 441 g/mol. The third kappa shape index (κ3) is 5.16. The van der Waals surface area contributed by atoms with E-state index in [0.717, 1.165) is 11.3 Å². The summed E-state index contributed by atoms with van der Waals surface area (Å²) >= 11 is 6.98. The standard InChI is InChI=1S/C19H25ClN4O4S/c1-6-8-28-19(27)14-11(3)15(18(26)23(4)5)29-17(14)22-16(25)13(7-2)24-10-12(20)9-21-24/h9-10,13H,6-8H2,1-5H3,(H,22,25). The van der Waals surface area contributed by atoms with Gasteiger partial charge in [-0.25, -0.2) is 4.79 Å². The van der Waals surface area contributed by atoms with Crippen LogP contribution in [0, 0.1) is 6.92 Å². The van der Waals surface area contributed by atoms with Gasteiger partial charge in [-0.1, -0.05) is 25.4 Å². The number of hydrogen-bond acceptors (Lipinski definition) is 6. The number of amides is 2. The largest absolute Gasteiger partial charge is 0.462 e. The first-order valence-corrected chi connectivity index (χ1v) is 10.4. The number of hydrogen-bond donors (Lipinski definition) is 1. The van der Waals surface area contributed by atoms with Gasteiger partial charge in [0.15, 0.2) is 0 Å². The molecule has 0 aliphatic heterocycles. The van der Waals surface area contributed by atoms with Gasteiger partial charge in [-0.3, -0.25) is 14.3 Å². The lowest BCUT2D eigenvalue weighted by molar-refractivity contribution is -0.119. The van der Waals surface area contributed by atoms with Crippen molar-refractivity contribution in [1.29, 1.82) is 0 Å². The van der Waals surface area contributed by atoms with Crippen LogP contribution in [0.2, 0.25) is 5.02 Å². The number of ether oxygens (including phenoxy) is 1. The van der Waals surface area contributed by atoms with Crippen LogP contribution in [-0.4, -0.2) is 53.2 Å². The fourth-order valence-corrected chi connectivity index (χ4v) is 4.06. The molecule has 0 saturated carbocycles. The molecule has 1 atom stereocenters. The number of nitrogens with zero attached hydrogens (tertiary/aromatic N) is 3. The molecule has 2 aromatic heterocycles. The maximum Gasteiger partial charge on any atom is 0.341 e. The van der Waals surface area contributed by atoms with E-state index in [1.54, 1.807) is 27.2 Å². The van der Waals surface area contributed by atoms with Gasteiger partial charge in [-0.15, -0.1) is 11.3 Å². The highest BCUT2D eigenvalue weighted by Crippen LogP contribution is 2.35. The second-order valence-corrected chi connectivity index (χ2v) is 8.10. The van der Waals surface area contributed by atoms with Crippen molar-refractivity contribution in [1.82, 2.24) is 14.7 Å². The lowest BCUT2D eigenvalue weighted by Crippen LogP contribution is -2.26. The second kappa shape index (κ2) is 9.89. The van der Waals surface area contributed by atoms with Crippen molar-refractivity contribution in [2.24, 2.45) is 0 Å². The predicted molar refractivity (Wildman–Crippen MR) is 113 cm³/mol. The molecule has 1 N–H and O–H groups in total. The van der Waals surface area contributed by atoms with E-state index in [4.69, 9.17) is 16.3 Å². The van der Waals surface area contributed by atoms with Gasteiger partial charge in [0.1, 0.15) is 11.0 Å². The quantitative estimate of drug-likeness (QED) is 0.630. The number of carbonyl (C=O) groups is 3. The Morgan fingerprint density at radius 3 is 2.55 bits per heavy atom. The minimum Gasteiger partial charge on any atom is -0.462 e. The summed E-state index contributed by atoms with van der Waals surface area (Å²) in [4.78, 5) is 39.8. The summed E-state index contributed by atoms with van der Waals surface area (Å²) in [5.41, 5.74) is 0.690. The first-order valence-electron chi connectivity index (χ1n) is 9.23. The van der Waals surface area contributed by atoms with Crippen molar-refractivity contribution in [3.05, 3.63) is 33.4 Å². The topological polar surface area (TPSA) is 93.5 Å². The molecule has 0 aliphatic rings. The van der Waals surface area contributed by atoms with Crippen LogP contribution in [0.4, 0.5) is 5.00 Å². The van der Waals surface area contributed by atoms with Gasteiger partial charge in [0.25, 0.3) is 5.91 Å². The highest BCUT2D eigenvalue weighted by atomic mass is 35.5. The number of anilines is 1. The van der Waals surface area contributed by atoms with Crippen LogP contribution in [0.3, 0.4) is 0 Å². The van der Waals surface area contributed by atoms with Crippen LogP contribution >= 0.6 is 22.9 Å². The number of esters is 1. The molecule has 0 radical (unpaired) electrons. The first kappa shape index (κ1) is 22.9. The number of aromatic nitrogens is 2. The summed E-state index contributed by atoms with van der Waals surface area (Å²) < 4.78 is 6.74. The fourth-order valence-electron chi connectivity index (χ4n) is 2.69. The molecule has 1 unspecified atom stereocenters. The molecule has 158 valence electrons. The zero-order valence-electron chi connectivity index (χ0n) is 17.1. The first-order chi connectivity index (χ1) is 13.7. The van der Waals surface area contributed by atoms with Gasteiger partial charge in [0.05, 0.1) is 28.3 Å². The zero-order valence-corrected chi connectivity index (χ0v) is 18.7. The van der Waals surface area contributed by atoms with E-state index in [9.17, 15) is 14.4 Å². The van der Waals surface area contributed by atoms with Gasteiger partial charge in [-0.05, 0) is 25.3 Å². The molecule has 2 heterocycles. The molecular formula is C19H25ClN4O4S. The highest BCUT2D eigenvalue weighted by molar-refractivity contribution is 7.18. The number of halogens is 1. The Morgan fingerprint density at radius 1 is 1.34 bits per heavy atom. The number of nitrogens with one attached hydrogen (secondary N) is 1. The van der Waals surface area contributed by atoms with Crippen LogP contribution < -0.4 is 5.32 Å². The average Bonchev–Trinajstić information content (AvgIpc) is 3.23. The van der Waals surface area contributed by atoms with Crippen molar-refractivity contribution in [2.45, 2.75) is 39.7 Å². The van der Waals surface area contributed by atoms with Crippen LogP contribution in [0.5, 0.6) is 0 Å². The van der Waals surface area contributed by atoms with E-state index in [1.807, 2.05) is 13.8 Å². The summed E-state index contributed by atoms with van der Waals surface area (Å²) in [6.07, 6.45) is 4.14. The maximum atomic E-state index is 12.9. The molecule has 29 heavy (non-hydrogen) atoms. The van der Waals surface area contributed by atoms with Crippen molar-refractivity contribution >= 4 is 45.7 Å². The van der Waals surface area contributed by atoms with E-state index in [2.05, 4.69) is 10.4 Å². The van der Waals surface area contributed by atoms with E-state index in [0.29, 0.717) is 28.3 Å². The highest BCUT2D eigenvalue weighted by Gasteiger charge is 2.29. The molecule has 8 nitrogen and oxygen atoms in total. The summed E-state index contributed by atoms with van der Waals surface area (Å²) in [7, 11) is 3.26. The Bertz CT molecular complexity index is 906. The maximum absolute atomic E-state index is 12.9. The van der Waals surface area contributed by atoms with Gasteiger partial charge in [0, 0.05) is 20.3 Å². The Kier molecular flexibility index (Phi) is 7.80. The van der Waals surface area contributed by atoms with Crippen LogP contribution in [0.25, 0.3) is 0 Å². The molecule has 0 saturated heterocycles. The lowest BCUT2D eigenvalue weighted by Gasteiger charge is -2.15. The molecule has 0 aliphatic carbocycles. The van der Waals surface area contributed by atoms with Crippen LogP contribution in [0.1, 0.15) is 58.3 Å². The summed E-state index contributed by atoms with van der Waals surface area (Å²) in [5, 5.41) is 7.59. The van der Waals surface area contributed by atoms with Crippen molar-refractivity contribution < 1.29 is 19.1 Å². The Hall–Kier alpha value is -2.39. The minimum atomic E-state index is -0.614. The van der Waals surface area contributed by atoms with Gasteiger partial charge in [0.2, 0.25) is 5.91 Å². The summed E-state index contributed by atoms with van der Waals surface area (Å²) in [5.74, 6) is -1.17. The third-order valence-electron chi connectivity index (χ3n) is 4.20. The van der Waals surface area contributed by atoms with E-state index in [1.165, 1.54) is 15.8 Å². The molecule has 0 aromatic carbocycles. The van der Waals surface area contributed by atoms with Gasteiger partial charge >= 0.3 is 5.97 Å². The molecule has 0 spiro atoms.